The lowest BCUT2D eigenvalue weighted by molar-refractivity contribution is 0.679. The van der Waals surface area contributed by atoms with E-state index in [1.807, 2.05) is 80.9 Å². The molecule has 0 radical (unpaired) electrons. The molecule has 0 spiro atoms. The lowest BCUT2D eigenvalue weighted by Crippen LogP contribution is -2.40. The lowest BCUT2D eigenvalue weighted by Gasteiger charge is -2.33. The molecule has 16 heterocycles. The highest BCUT2D eigenvalue weighted by Gasteiger charge is 2.45. The summed E-state index contributed by atoms with van der Waals surface area (Å²) in [4.78, 5) is 104. The average molecular weight is 1620 g/mol. The molecule has 12 aromatic rings. The summed E-state index contributed by atoms with van der Waals surface area (Å²) in [6, 6.07) is 24.5. The summed E-state index contributed by atoms with van der Waals surface area (Å²) in [5.41, 5.74) is 11.9. The van der Waals surface area contributed by atoms with Crippen molar-refractivity contribution in [2.75, 3.05) is 133 Å². The molecule has 0 fully saturated rings. The van der Waals surface area contributed by atoms with Crippen molar-refractivity contribution < 1.29 is 13.7 Å². The van der Waals surface area contributed by atoms with E-state index in [2.05, 4.69) is 242 Å². The van der Waals surface area contributed by atoms with Crippen LogP contribution in [0.5, 0.6) is 0 Å². The second-order valence-electron chi connectivity index (χ2n) is 30.2. The Kier molecular flexibility index (Phi) is 17.8. The van der Waals surface area contributed by atoms with Crippen molar-refractivity contribution in [3.05, 3.63) is 194 Å². The topological polar surface area (TPSA) is 258 Å². The number of fused-ring (bicyclic) bond motifs is 8. The number of hydrogen-bond acceptors (Lipinski definition) is 32. The molecular formula is C88H104N32. The van der Waals surface area contributed by atoms with Gasteiger partial charge in [-0.25, -0.2) is 79.7 Å². The molecule has 0 saturated carbocycles. The van der Waals surface area contributed by atoms with E-state index in [-0.39, 0.29) is 36.6 Å². The second-order valence-corrected chi connectivity index (χ2v) is 30.2. The molecule has 8 atom stereocenters. The quantitative estimate of drug-likeness (QED) is 0.110. The Morgan fingerprint density at radius 3 is 0.633 bits per heavy atom. The Bertz CT molecular complexity index is 6090. The smallest absolute Gasteiger partial charge is 0.178 e. The first-order valence-electron chi connectivity index (χ1n) is 45.3. The third kappa shape index (κ3) is 12.5. The van der Waals surface area contributed by atoms with Gasteiger partial charge in [-0.15, -0.1) is 0 Å². The normalized spacial score (nSPS) is 21.7. The van der Waals surface area contributed by atoms with Crippen LogP contribution in [0.2, 0.25) is 0 Å². The van der Waals surface area contributed by atoms with E-state index in [0.29, 0.717) is 34.8 Å². The first-order valence-corrected chi connectivity index (χ1v) is 40.3. The van der Waals surface area contributed by atoms with Gasteiger partial charge in [-0.05, 0) is 181 Å². The molecule has 0 unspecified atom stereocenters. The fourth-order valence-corrected chi connectivity index (χ4v) is 17.9. The van der Waals surface area contributed by atoms with E-state index in [0.717, 1.165) is 127 Å². The molecule has 616 valence electrons. The standard InChI is InChI=1S/2C23H28N8.2C21H24N8/c2*1-6-28-16(4)30(22-20(28)24-11-13-26-22)18-9-8-10-19(15(18)3)31-17(5)29(7-2)21-23(31)27-14-12-25-21;2*1-13-16(28-14(2)26(4)18-20(28)24-11-9-22-18)7-6-8-17(13)29-15(3)27(5)19-21(29)25-12-10-23-19/h2*8-14,16-17H,6-7H2,1-5H3;2*6-12,14-15H,1-5H3/t2*16-,17+;2*14-,15+/i1D3,6D2,7D2;;4D3;/m1.1./s1. The van der Waals surface area contributed by atoms with Crippen molar-refractivity contribution in [1.29, 1.82) is 0 Å². The Hall–Kier alpha value is -13.7. The van der Waals surface area contributed by atoms with Gasteiger partial charge < -0.3 is 78.4 Å². The maximum Gasteiger partial charge on any atom is 0.178 e. The number of rotatable bonds is 12. The van der Waals surface area contributed by atoms with E-state index in [4.69, 9.17) is 13.7 Å². The predicted octanol–water partition coefficient (Wildman–Crippen LogP) is 15.3. The van der Waals surface area contributed by atoms with Crippen LogP contribution < -0.4 is 78.4 Å². The van der Waals surface area contributed by atoms with Gasteiger partial charge in [-0.3, -0.25) is 0 Å². The van der Waals surface area contributed by atoms with Gasteiger partial charge in [-0.1, -0.05) is 24.3 Å². The van der Waals surface area contributed by atoms with Gasteiger partial charge in [-0.2, -0.15) is 0 Å². The maximum atomic E-state index is 8.48. The molecule has 0 saturated heterocycles. The van der Waals surface area contributed by atoms with E-state index in [9.17, 15) is 0 Å². The summed E-state index contributed by atoms with van der Waals surface area (Å²) in [6.07, 6.45) is 25.4. The molecular weight excluding hydrogens is 1510 g/mol. The zero-order valence-corrected chi connectivity index (χ0v) is 70.5. The van der Waals surface area contributed by atoms with Crippen LogP contribution in [-0.4, -0.2) is 183 Å². The minimum absolute atomic E-state index is 0.0169. The zero-order valence-electron chi connectivity index (χ0n) is 80.5. The molecule has 120 heavy (non-hydrogen) atoms. The first kappa shape index (κ1) is 67.4. The molecule has 32 nitrogen and oxygen atoms in total. The molecule has 8 aliphatic heterocycles. The average Bonchev–Trinajstić information content (AvgIpc) is 1.56. The summed E-state index contributed by atoms with van der Waals surface area (Å²) in [5, 5.41) is 0. The molecule has 0 amide bonds. The van der Waals surface area contributed by atoms with Crippen LogP contribution in [0.3, 0.4) is 0 Å². The maximum absolute atomic E-state index is 8.48. The highest BCUT2D eigenvalue weighted by atomic mass is 15.5. The Morgan fingerprint density at radius 1 is 0.242 bits per heavy atom. The van der Waals surface area contributed by atoms with Gasteiger partial charge in [0.25, 0.3) is 0 Å². The molecule has 32 heteroatoms. The van der Waals surface area contributed by atoms with E-state index in [1.165, 1.54) is 47.7 Å². The summed E-state index contributed by atoms with van der Waals surface area (Å²) in [5.74, 6) is 11.2. The molecule has 8 aromatic heterocycles. The molecule has 0 aliphatic carbocycles. The largest absolute Gasteiger partial charge is 0.336 e. The molecule has 8 aliphatic rings. The van der Waals surface area contributed by atoms with Crippen LogP contribution in [0.25, 0.3) is 0 Å². The van der Waals surface area contributed by atoms with Crippen molar-refractivity contribution in [1.82, 2.24) is 79.7 Å². The van der Waals surface area contributed by atoms with Crippen molar-refractivity contribution in [3.63, 3.8) is 0 Å². The fraction of sp³-hybridized carbons (Fsp3) is 0.364. The van der Waals surface area contributed by atoms with Crippen LogP contribution in [-0.2, 0) is 0 Å². The van der Waals surface area contributed by atoms with Crippen LogP contribution in [0.4, 0.5) is 139 Å². The minimum Gasteiger partial charge on any atom is -0.336 e. The van der Waals surface area contributed by atoms with Gasteiger partial charge in [0.05, 0.1) is 0 Å². The summed E-state index contributed by atoms with van der Waals surface area (Å²) in [6.45, 7) is 22.4. The van der Waals surface area contributed by atoms with Gasteiger partial charge in [0.1, 0.15) is 49.3 Å². The van der Waals surface area contributed by atoms with E-state index in [1.54, 1.807) is 91.1 Å². The van der Waals surface area contributed by atoms with Crippen LogP contribution in [0.1, 0.15) is 119 Å². The highest BCUT2D eigenvalue weighted by molar-refractivity contribution is 5.91. The van der Waals surface area contributed by atoms with Crippen LogP contribution in [0.15, 0.2) is 172 Å². The van der Waals surface area contributed by atoms with Crippen molar-refractivity contribution >= 4 is 139 Å². The van der Waals surface area contributed by atoms with Crippen molar-refractivity contribution in [3.8, 4) is 0 Å². The van der Waals surface area contributed by atoms with Gasteiger partial charge >= 0.3 is 0 Å². The first-order chi connectivity index (χ1) is 62.0. The van der Waals surface area contributed by atoms with Gasteiger partial charge in [0.2, 0.25) is 0 Å². The van der Waals surface area contributed by atoms with Crippen LogP contribution in [0, 0.1) is 27.7 Å². The fourth-order valence-electron chi connectivity index (χ4n) is 17.9. The zero-order chi connectivity index (χ0) is 92.5. The number of hydrogen-bond donors (Lipinski definition) is 0. The van der Waals surface area contributed by atoms with Gasteiger partial charge in [0.15, 0.2) is 93.1 Å². The molecule has 20 rings (SSSR count). The molecule has 0 bridgehead atoms. The number of anilines is 24. The number of nitrogens with zero attached hydrogens (tertiary/aromatic N) is 32. The second kappa shape index (κ2) is 31.6. The lowest BCUT2D eigenvalue weighted by atomic mass is 10.1. The highest BCUT2D eigenvalue weighted by Crippen LogP contribution is 2.53. The van der Waals surface area contributed by atoms with E-state index >= 15 is 0 Å². The van der Waals surface area contributed by atoms with Crippen molar-refractivity contribution in [2.24, 2.45) is 0 Å². The third-order valence-electron chi connectivity index (χ3n) is 24.3. The Labute approximate surface area is 715 Å². The molecule has 0 N–H and O–H groups in total. The monoisotopic (exact) mass is 1620 g/mol. The summed E-state index contributed by atoms with van der Waals surface area (Å²) < 4.78 is 81.4. The van der Waals surface area contributed by atoms with Crippen molar-refractivity contribution in [2.45, 2.75) is 160 Å². The third-order valence-corrected chi connectivity index (χ3v) is 24.3. The SMILES string of the molecule is CCN1c2nccnc2N(c2cccc(N3c4nccnc4N(CC)[C@@H]3C)c2C)[C@@H]1C.Cc1c(N2c3nccnc3N(C)[C@H]2C)cccc1N1c2nccnc2N(C)[C@@H]1C.[2H]C([2H])(C)N1c2nccnc2N(c2cccc(N3c4nccnc4N(C([2H])([2H])C([2H])([2H])[2H])[C@H]3C)c2C)[C@H]1C.[2H]C([2H])([2H])N1c2nccnc2N(c2cccc(N3c4nccnc4N(C)[C@@H]3C)c2C)[C@@H]1C. The number of aromatic nitrogens is 16. The van der Waals surface area contributed by atoms with E-state index < -0.39 is 45.3 Å². The number of benzene rings is 4. The summed E-state index contributed by atoms with van der Waals surface area (Å²) >= 11 is 0. The Balaban J connectivity index is 0.000000122. The predicted molar refractivity (Wildman–Crippen MR) is 479 cm³/mol. The summed E-state index contributed by atoms with van der Waals surface area (Å²) in [7, 11) is 6.11. The minimum atomic E-state index is -2.93. The van der Waals surface area contributed by atoms with Gasteiger partial charge in [0, 0.05) is 213 Å². The molecule has 4 aromatic carbocycles. The van der Waals surface area contributed by atoms with Crippen LogP contribution >= 0.6 is 0 Å². The Morgan fingerprint density at radius 2 is 0.417 bits per heavy atom.